The van der Waals surface area contributed by atoms with E-state index < -0.39 is 15.8 Å². The number of ether oxygens (including phenoxy) is 2. The molecule has 1 heterocycles. The number of carbonyl (C=O) groups is 1. The van der Waals surface area contributed by atoms with Crippen LogP contribution in [-0.2, 0) is 21.4 Å². The van der Waals surface area contributed by atoms with Crippen molar-refractivity contribution in [3.63, 3.8) is 0 Å². The lowest BCUT2D eigenvalue weighted by molar-refractivity contribution is -0.121. The monoisotopic (exact) mass is 394 g/mol. The molecule has 0 unspecified atom stereocenters. The molecule has 144 valence electrons. The summed E-state index contributed by atoms with van der Waals surface area (Å²) in [4.78, 5) is 12.1. The second kappa shape index (κ2) is 7.83. The molecular weight excluding hydrogens is 375 g/mol. The average Bonchev–Trinajstić information content (AvgIpc) is 3.08. The van der Waals surface area contributed by atoms with Gasteiger partial charge in [0.1, 0.15) is 5.82 Å². The SMILES string of the molecule is CS(=O)(=O)N(CCC(=O)NCc1ccc2c(c1)OCO2)c1ccccc1F. The summed E-state index contributed by atoms with van der Waals surface area (Å²) in [5, 5.41) is 2.71. The molecule has 1 aliphatic rings. The van der Waals surface area contributed by atoms with E-state index in [0.717, 1.165) is 16.1 Å². The van der Waals surface area contributed by atoms with Crippen LogP contribution >= 0.6 is 0 Å². The van der Waals surface area contributed by atoms with Crippen LogP contribution in [0, 0.1) is 5.82 Å². The Balaban J connectivity index is 1.59. The molecule has 1 N–H and O–H groups in total. The fourth-order valence-electron chi connectivity index (χ4n) is 2.66. The third kappa shape index (κ3) is 4.68. The van der Waals surface area contributed by atoms with Crippen molar-refractivity contribution < 1.29 is 27.1 Å². The molecular formula is C18H19FN2O5S. The number of amides is 1. The van der Waals surface area contributed by atoms with Crippen molar-refractivity contribution in [1.82, 2.24) is 5.32 Å². The van der Waals surface area contributed by atoms with Gasteiger partial charge in [-0.1, -0.05) is 18.2 Å². The van der Waals surface area contributed by atoms with Gasteiger partial charge in [0.25, 0.3) is 0 Å². The number of hydrogen-bond donors (Lipinski definition) is 1. The maximum Gasteiger partial charge on any atom is 0.232 e. The third-order valence-electron chi connectivity index (χ3n) is 3.99. The zero-order valence-corrected chi connectivity index (χ0v) is 15.5. The van der Waals surface area contributed by atoms with Crippen molar-refractivity contribution in [1.29, 1.82) is 0 Å². The summed E-state index contributed by atoms with van der Waals surface area (Å²) >= 11 is 0. The highest BCUT2D eigenvalue weighted by Gasteiger charge is 2.21. The topological polar surface area (TPSA) is 84.9 Å². The Labute approximate surface area is 156 Å². The first-order valence-electron chi connectivity index (χ1n) is 8.22. The van der Waals surface area contributed by atoms with Gasteiger partial charge in [0.05, 0.1) is 11.9 Å². The van der Waals surface area contributed by atoms with Gasteiger partial charge < -0.3 is 14.8 Å². The fraction of sp³-hybridized carbons (Fsp3) is 0.278. The molecule has 0 radical (unpaired) electrons. The van der Waals surface area contributed by atoms with Crippen LogP contribution < -0.4 is 19.1 Å². The third-order valence-corrected chi connectivity index (χ3v) is 5.17. The van der Waals surface area contributed by atoms with Crippen molar-refractivity contribution in [3.8, 4) is 11.5 Å². The van der Waals surface area contributed by atoms with E-state index in [9.17, 15) is 17.6 Å². The lowest BCUT2D eigenvalue weighted by atomic mass is 10.2. The lowest BCUT2D eigenvalue weighted by Gasteiger charge is -2.22. The van der Waals surface area contributed by atoms with E-state index in [1.54, 1.807) is 18.2 Å². The van der Waals surface area contributed by atoms with E-state index in [-0.39, 0.29) is 37.9 Å². The molecule has 0 saturated heterocycles. The number of para-hydroxylation sites is 1. The zero-order chi connectivity index (χ0) is 19.4. The number of sulfonamides is 1. The van der Waals surface area contributed by atoms with Gasteiger partial charge in [0.15, 0.2) is 11.5 Å². The van der Waals surface area contributed by atoms with E-state index in [0.29, 0.717) is 11.5 Å². The van der Waals surface area contributed by atoms with Crippen molar-refractivity contribution in [3.05, 3.63) is 53.8 Å². The predicted molar refractivity (Wildman–Crippen MR) is 97.6 cm³/mol. The summed E-state index contributed by atoms with van der Waals surface area (Å²) in [6, 6.07) is 10.9. The number of hydrogen-bond acceptors (Lipinski definition) is 5. The van der Waals surface area contributed by atoms with Gasteiger partial charge in [0.2, 0.25) is 22.7 Å². The van der Waals surface area contributed by atoms with Gasteiger partial charge in [-0.15, -0.1) is 0 Å². The van der Waals surface area contributed by atoms with E-state index in [1.807, 2.05) is 0 Å². The predicted octanol–water partition coefficient (Wildman–Crippen LogP) is 2.03. The van der Waals surface area contributed by atoms with Crippen LogP contribution in [0.5, 0.6) is 11.5 Å². The van der Waals surface area contributed by atoms with Crippen LogP contribution in [0.3, 0.4) is 0 Å². The molecule has 1 amide bonds. The molecule has 0 aliphatic carbocycles. The average molecular weight is 394 g/mol. The number of rotatable bonds is 7. The normalized spacial score (nSPS) is 12.7. The quantitative estimate of drug-likeness (QED) is 0.777. The Kier molecular flexibility index (Phi) is 5.50. The maximum absolute atomic E-state index is 13.9. The van der Waals surface area contributed by atoms with Gasteiger partial charge in [-0.2, -0.15) is 0 Å². The molecule has 0 atom stereocenters. The molecule has 9 heteroatoms. The summed E-state index contributed by atoms with van der Waals surface area (Å²) in [5.41, 5.74) is 0.741. The highest BCUT2D eigenvalue weighted by molar-refractivity contribution is 7.92. The van der Waals surface area contributed by atoms with Gasteiger partial charge in [-0.25, -0.2) is 12.8 Å². The summed E-state index contributed by atoms with van der Waals surface area (Å²) < 4.78 is 49.3. The van der Waals surface area contributed by atoms with Gasteiger partial charge in [-0.3, -0.25) is 9.10 Å². The van der Waals surface area contributed by atoms with Crippen LogP contribution in [0.15, 0.2) is 42.5 Å². The van der Waals surface area contributed by atoms with E-state index >= 15 is 0 Å². The Morgan fingerprint density at radius 2 is 1.93 bits per heavy atom. The zero-order valence-electron chi connectivity index (χ0n) is 14.6. The second-order valence-corrected chi connectivity index (χ2v) is 7.91. The van der Waals surface area contributed by atoms with Crippen LogP contribution in [0.1, 0.15) is 12.0 Å². The van der Waals surface area contributed by atoms with Crippen LogP contribution in [0.25, 0.3) is 0 Å². The molecule has 3 rings (SSSR count). The highest BCUT2D eigenvalue weighted by Crippen LogP contribution is 2.32. The molecule has 0 aromatic heterocycles. The van der Waals surface area contributed by atoms with Crippen LogP contribution in [0.4, 0.5) is 10.1 Å². The summed E-state index contributed by atoms with van der Waals surface area (Å²) in [6.07, 6.45) is 0.871. The Morgan fingerprint density at radius 1 is 1.19 bits per heavy atom. The number of nitrogens with one attached hydrogen (secondary N) is 1. The standard InChI is InChI=1S/C18H19FN2O5S/c1-27(23,24)21(15-5-3-2-4-14(15)19)9-8-18(22)20-11-13-6-7-16-17(10-13)26-12-25-16/h2-7,10H,8-9,11-12H2,1H3,(H,20,22). The molecule has 2 aromatic carbocycles. The first-order valence-corrected chi connectivity index (χ1v) is 10.1. The van der Waals surface area contributed by atoms with Crippen molar-refractivity contribution in [2.75, 3.05) is 23.9 Å². The van der Waals surface area contributed by atoms with Gasteiger partial charge >= 0.3 is 0 Å². The maximum atomic E-state index is 13.9. The van der Waals surface area contributed by atoms with Crippen LogP contribution in [0.2, 0.25) is 0 Å². The number of fused-ring (bicyclic) bond motifs is 1. The minimum Gasteiger partial charge on any atom is -0.454 e. The number of anilines is 1. The molecule has 0 saturated carbocycles. The van der Waals surface area contributed by atoms with E-state index in [1.165, 1.54) is 24.3 Å². The number of nitrogens with zero attached hydrogens (tertiary/aromatic N) is 1. The number of halogens is 1. The first kappa shape index (κ1) is 19.0. The van der Waals surface area contributed by atoms with E-state index in [4.69, 9.17) is 9.47 Å². The summed E-state index contributed by atoms with van der Waals surface area (Å²) in [5.74, 6) is 0.254. The highest BCUT2D eigenvalue weighted by atomic mass is 32.2. The largest absolute Gasteiger partial charge is 0.454 e. The minimum absolute atomic E-state index is 0.0800. The fourth-order valence-corrected chi connectivity index (χ4v) is 3.59. The molecule has 7 nitrogen and oxygen atoms in total. The van der Waals surface area contributed by atoms with Crippen molar-refractivity contribution in [2.45, 2.75) is 13.0 Å². The van der Waals surface area contributed by atoms with Crippen LogP contribution in [-0.4, -0.2) is 33.9 Å². The smallest absolute Gasteiger partial charge is 0.232 e. The molecule has 0 spiro atoms. The summed E-state index contributed by atoms with van der Waals surface area (Å²) in [6.45, 7) is 0.267. The van der Waals surface area contributed by atoms with Crippen molar-refractivity contribution >= 4 is 21.6 Å². The Bertz CT molecular complexity index is 949. The van der Waals surface area contributed by atoms with Gasteiger partial charge in [-0.05, 0) is 29.8 Å². The minimum atomic E-state index is -3.73. The molecule has 27 heavy (non-hydrogen) atoms. The van der Waals surface area contributed by atoms with Gasteiger partial charge in [0, 0.05) is 19.5 Å². The Morgan fingerprint density at radius 3 is 2.67 bits per heavy atom. The number of carbonyl (C=O) groups excluding carboxylic acids is 1. The lowest BCUT2D eigenvalue weighted by Crippen LogP contribution is -2.35. The molecule has 2 aromatic rings. The second-order valence-electron chi connectivity index (χ2n) is 6.00. The first-order chi connectivity index (χ1) is 12.8. The van der Waals surface area contributed by atoms with Crippen molar-refractivity contribution in [2.24, 2.45) is 0 Å². The number of benzene rings is 2. The van der Waals surface area contributed by atoms with E-state index in [2.05, 4.69) is 5.32 Å². The summed E-state index contributed by atoms with van der Waals surface area (Å²) in [7, 11) is -3.73. The Hall–Kier alpha value is -2.81. The molecule has 1 aliphatic heterocycles. The molecule has 0 bridgehead atoms. The molecule has 0 fully saturated rings.